The number of furan rings is 1. The number of carbonyl (C=O) groups excluding carboxylic acids is 1. The fourth-order valence-corrected chi connectivity index (χ4v) is 3.85. The van der Waals surface area contributed by atoms with E-state index < -0.39 is 10.0 Å². The van der Waals surface area contributed by atoms with E-state index >= 15 is 0 Å². The highest BCUT2D eigenvalue weighted by molar-refractivity contribution is 7.88. The van der Waals surface area contributed by atoms with Crippen molar-refractivity contribution in [1.29, 1.82) is 0 Å². The van der Waals surface area contributed by atoms with Gasteiger partial charge in [0.15, 0.2) is 5.76 Å². The first-order valence-electron chi connectivity index (χ1n) is 7.94. The Morgan fingerprint density at radius 1 is 1.16 bits per heavy atom. The van der Waals surface area contributed by atoms with Crippen LogP contribution in [0.3, 0.4) is 0 Å². The Kier molecular flexibility index (Phi) is 5.17. The Balaban J connectivity index is 1.64. The summed E-state index contributed by atoms with van der Waals surface area (Å²) in [5.41, 5.74) is 0.847. The number of hydrogen-bond acceptors (Lipinski definition) is 4. The number of likely N-dealkylation sites (tertiary alicyclic amines) is 1. The molecule has 1 aliphatic rings. The van der Waals surface area contributed by atoms with Crippen LogP contribution in [0, 0.1) is 0 Å². The van der Waals surface area contributed by atoms with Crippen molar-refractivity contribution in [1.82, 2.24) is 9.62 Å². The molecule has 0 atom stereocenters. The average Bonchev–Trinajstić information content (AvgIpc) is 3.04. The predicted octanol–water partition coefficient (Wildman–Crippen LogP) is 2.75. The lowest BCUT2D eigenvalue weighted by molar-refractivity contribution is 0.0680. The van der Waals surface area contributed by atoms with Crippen LogP contribution in [-0.4, -0.2) is 44.6 Å². The normalized spacial score (nSPS) is 16.2. The van der Waals surface area contributed by atoms with Crippen LogP contribution in [0.15, 0.2) is 40.8 Å². The maximum atomic E-state index is 12.6. The number of rotatable bonds is 4. The molecule has 0 aliphatic carbocycles. The quantitative estimate of drug-likeness (QED) is 0.881. The van der Waals surface area contributed by atoms with Crippen LogP contribution in [-0.2, 0) is 10.0 Å². The van der Waals surface area contributed by atoms with E-state index in [0.29, 0.717) is 36.7 Å². The van der Waals surface area contributed by atoms with Crippen molar-refractivity contribution in [2.24, 2.45) is 0 Å². The molecule has 6 nitrogen and oxygen atoms in total. The minimum Gasteiger partial charge on any atom is -0.451 e. The molecule has 1 fully saturated rings. The maximum absolute atomic E-state index is 12.6. The number of piperidine rings is 1. The van der Waals surface area contributed by atoms with E-state index in [4.69, 9.17) is 16.0 Å². The standard InChI is InChI=1S/C17H19ClN2O4S/c1-25(22,23)19-14-8-10-20(11-9-14)17(21)16-7-6-15(24-16)12-2-4-13(18)5-3-12/h2-7,14,19H,8-11H2,1H3. The van der Waals surface area contributed by atoms with E-state index in [1.807, 2.05) is 12.1 Å². The lowest BCUT2D eigenvalue weighted by atomic mass is 10.1. The molecule has 1 amide bonds. The lowest BCUT2D eigenvalue weighted by Gasteiger charge is -2.31. The number of hydrogen-bond donors (Lipinski definition) is 1. The molecular formula is C17H19ClN2O4S. The van der Waals surface area contributed by atoms with Crippen LogP contribution < -0.4 is 4.72 Å². The van der Waals surface area contributed by atoms with Crippen molar-refractivity contribution >= 4 is 27.5 Å². The van der Waals surface area contributed by atoms with Crippen LogP contribution in [0.2, 0.25) is 5.02 Å². The topological polar surface area (TPSA) is 79.6 Å². The number of amides is 1. The van der Waals surface area contributed by atoms with Crippen LogP contribution >= 0.6 is 11.6 Å². The zero-order chi connectivity index (χ0) is 18.0. The van der Waals surface area contributed by atoms with Gasteiger partial charge in [0.25, 0.3) is 5.91 Å². The number of nitrogens with zero attached hydrogens (tertiary/aromatic N) is 1. The van der Waals surface area contributed by atoms with Crippen molar-refractivity contribution < 1.29 is 17.6 Å². The van der Waals surface area contributed by atoms with E-state index in [1.165, 1.54) is 0 Å². The molecule has 2 aromatic rings. The van der Waals surface area contributed by atoms with E-state index in [0.717, 1.165) is 11.8 Å². The van der Waals surface area contributed by atoms with Gasteiger partial charge in [-0.2, -0.15) is 0 Å². The third-order valence-corrected chi connectivity index (χ3v) is 5.12. The van der Waals surface area contributed by atoms with Gasteiger partial charge in [-0.1, -0.05) is 11.6 Å². The summed E-state index contributed by atoms with van der Waals surface area (Å²) in [6.45, 7) is 0.978. The lowest BCUT2D eigenvalue weighted by Crippen LogP contribution is -2.46. The molecule has 1 aromatic heterocycles. The molecule has 8 heteroatoms. The largest absolute Gasteiger partial charge is 0.451 e. The van der Waals surface area contributed by atoms with Gasteiger partial charge in [0.2, 0.25) is 10.0 Å². The van der Waals surface area contributed by atoms with Crippen molar-refractivity contribution in [3.8, 4) is 11.3 Å². The summed E-state index contributed by atoms with van der Waals surface area (Å²) in [5.74, 6) is 0.700. The summed E-state index contributed by atoms with van der Waals surface area (Å²) in [7, 11) is -3.23. The van der Waals surface area contributed by atoms with Gasteiger partial charge in [-0.15, -0.1) is 0 Å². The van der Waals surface area contributed by atoms with Crippen molar-refractivity contribution in [2.45, 2.75) is 18.9 Å². The van der Waals surface area contributed by atoms with Crippen LogP contribution in [0.4, 0.5) is 0 Å². The minimum atomic E-state index is -3.23. The number of carbonyl (C=O) groups is 1. The SMILES string of the molecule is CS(=O)(=O)NC1CCN(C(=O)c2ccc(-c3ccc(Cl)cc3)o2)CC1. The van der Waals surface area contributed by atoms with Crippen molar-refractivity contribution in [3.63, 3.8) is 0 Å². The smallest absolute Gasteiger partial charge is 0.289 e. The number of benzene rings is 1. The monoisotopic (exact) mass is 382 g/mol. The number of nitrogens with one attached hydrogen (secondary N) is 1. The second kappa shape index (κ2) is 7.19. The second-order valence-corrected chi connectivity index (χ2v) is 8.34. The average molecular weight is 383 g/mol. The molecule has 3 rings (SSSR count). The first-order chi connectivity index (χ1) is 11.8. The first kappa shape index (κ1) is 18.0. The summed E-state index contributed by atoms with van der Waals surface area (Å²) in [6.07, 6.45) is 2.32. The molecule has 0 radical (unpaired) electrons. The maximum Gasteiger partial charge on any atom is 0.289 e. The van der Waals surface area contributed by atoms with Crippen LogP contribution in [0.1, 0.15) is 23.4 Å². The molecule has 1 aliphatic heterocycles. The van der Waals surface area contributed by atoms with Gasteiger partial charge in [0.1, 0.15) is 5.76 Å². The van der Waals surface area contributed by atoms with Crippen LogP contribution in [0.5, 0.6) is 0 Å². The summed E-state index contributed by atoms with van der Waals surface area (Å²) in [5, 5.41) is 0.636. The molecule has 0 saturated carbocycles. The van der Waals surface area contributed by atoms with Gasteiger partial charge in [-0.25, -0.2) is 13.1 Å². The Morgan fingerprint density at radius 3 is 2.40 bits per heavy atom. The van der Waals surface area contributed by atoms with E-state index in [9.17, 15) is 13.2 Å². The van der Waals surface area contributed by atoms with E-state index in [2.05, 4.69) is 4.72 Å². The van der Waals surface area contributed by atoms with Gasteiger partial charge >= 0.3 is 0 Å². The van der Waals surface area contributed by atoms with Gasteiger partial charge in [0.05, 0.1) is 6.26 Å². The Labute approximate surface area is 151 Å². The molecule has 1 aromatic carbocycles. The highest BCUT2D eigenvalue weighted by atomic mass is 35.5. The number of sulfonamides is 1. The zero-order valence-corrected chi connectivity index (χ0v) is 15.3. The highest BCUT2D eigenvalue weighted by Gasteiger charge is 2.26. The van der Waals surface area contributed by atoms with Gasteiger partial charge in [-0.05, 0) is 49.2 Å². The summed E-state index contributed by atoms with van der Waals surface area (Å²) < 4.78 is 30.8. The molecule has 1 saturated heterocycles. The molecule has 134 valence electrons. The first-order valence-corrected chi connectivity index (χ1v) is 10.2. The Bertz CT molecular complexity index is 853. The molecule has 0 bridgehead atoms. The Morgan fingerprint density at radius 2 is 1.80 bits per heavy atom. The number of halogens is 1. The van der Waals surface area contributed by atoms with Gasteiger partial charge in [-0.3, -0.25) is 4.79 Å². The molecule has 1 N–H and O–H groups in total. The fraction of sp³-hybridized carbons (Fsp3) is 0.353. The minimum absolute atomic E-state index is 0.125. The van der Waals surface area contributed by atoms with Gasteiger partial charge < -0.3 is 9.32 Å². The van der Waals surface area contributed by atoms with E-state index in [-0.39, 0.29) is 17.7 Å². The zero-order valence-electron chi connectivity index (χ0n) is 13.7. The van der Waals surface area contributed by atoms with Crippen molar-refractivity contribution in [2.75, 3.05) is 19.3 Å². The molecule has 0 spiro atoms. The third kappa shape index (κ3) is 4.62. The molecular weight excluding hydrogens is 364 g/mol. The second-order valence-electron chi connectivity index (χ2n) is 6.13. The van der Waals surface area contributed by atoms with E-state index in [1.54, 1.807) is 29.2 Å². The van der Waals surface area contributed by atoms with Crippen molar-refractivity contribution in [3.05, 3.63) is 47.2 Å². The predicted molar refractivity (Wildman–Crippen MR) is 96.1 cm³/mol. The molecule has 0 unspecified atom stereocenters. The third-order valence-electron chi connectivity index (χ3n) is 4.11. The highest BCUT2D eigenvalue weighted by Crippen LogP contribution is 2.25. The van der Waals surface area contributed by atoms with Crippen LogP contribution in [0.25, 0.3) is 11.3 Å². The summed E-state index contributed by atoms with van der Waals surface area (Å²) in [4.78, 5) is 14.2. The summed E-state index contributed by atoms with van der Waals surface area (Å²) >= 11 is 5.87. The molecule has 25 heavy (non-hydrogen) atoms. The summed E-state index contributed by atoms with van der Waals surface area (Å²) in [6, 6.07) is 10.5. The molecule has 2 heterocycles. The fourth-order valence-electron chi connectivity index (χ4n) is 2.88. The van der Waals surface area contributed by atoms with Gasteiger partial charge in [0, 0.05) is 29.7 Å². The Hall–Kier alpha value is -1.83.